The van der Waals surface area contributed by atoms with E-state index in [1.54, 1.807) is 47.4 Å². The van der Waals surface area contributed by atoms with Crippen molar-refractivity contribution in [2.24, 2.45) is 0 Å². The molecule has 2 amide bonds. The number of hydrogen-bond donors (Lipinski definition) is 1. The minimum absolute atomic E-state index is 0.00515. The first-order chi connectivity index (χ1) is 17.8. The average Bonchev–Trinajstić information content (AvgIpc) is 3.18. The van der Waals surface area contributed by atoms with Gasteiger partial charge in [-0.3, -0.25) is 13.9 Å². The summed E-state index contributed by atoms with van der Waals surface area (Å²) in [5.41, 5.74) is 0.791. The van der Waals surface area contributed by atoms with Gasteiger partial charge in [-0.15, -0.1) is 0 Å². The Labute approximate surface area is 227 Å². The van der Waals surface area contributed by atoms with Crippen molar-refractivity contribution >= 4 is 56.4 Å². The number of rotatable bonds is 7. The molecule has 0 spiro atoms. The van der Waals surface area contributed by atoms with E-state index >= 15 is 0 Å². The standard InChI is InChI=1S/C27H27Cl2N3O4S/c28-20-14-15-25(23(29)18-20)32(37(35,36)21-10-4-3-5-11-21)19-26(33)30-24-13-7-6-12-22(24)27(34)31-16-8-1-2-9-17-31/h3-7,10-15,18H,1-2,8-9,16-17,19H2,(H,30,33). The van der Waals surface area contributed by atoms with Gasteiger partial charge in [-0.2, -0.15) is 0 Å². The van der Waals surface area contributed by atoms with Crippen LogP contribution in [0.4, 0.5) is 11.4 Å². The summed E-state index contributed by atoms with van der Waals surface area (Å²) in [5, 5.41) is 3.15. The number of hydrogen-bond acceptors (Lipinski definition) is 4. The van der Waals surface area contributed by atoms with Crippen molar-refractivity contribution in [2.75, 3.05) is 29.3 Å². The van der Waals surface area contributed by atoms with Gasteiger partial charge >= 0.3 is 0 Å². The molecule has 1 aliphatic rings. The molecule has 1 heterocycles. The highest BCUT2D eigenvalue weighted by atomic mass is 35.5. The molecule has 0 saturated carbocycles. The summed E-state index contributed by atoms with van der Waals surface area (Å²) in [6.45, 7) is 0.767. The van der Waals surface area contributed by atoms with Crippen LogP contribution in [0.2, 0.25) is 10.0 Å². The Morgan fingerprint density at radius 3 is 2.19 bits per heavy atom. The van der Waals surface area contributed by atoms with Crippen LogP contribution < -0.4 is 9.62 Å². The Morgan fingerprint density at radius 1 is 0.865 bits per heavy atom. The van der Waals surface area contributed by atoms with Gasteiger partial charge in [0.2, 0.25) is 5.91 Å². The molecule has 194 valence electrons. The van der Waals surface area contributed by atoms with Gasteiger partial charge in [0, 0.05) is 18.1 Å². The molecular weight excluding hydrogens is 533 g/mol. The average molecular weight is 561 g/mol. The molecule has 0 radical (unpaired) electrons. The van der Waals surface area contributed by atoms with Crippen LogP contribution in [0.25, 0.3) is 0 Å². The highest BCUT2D eigenvalue weighted by Gasteiger charge is 2.29. The van der Waals surface area contributed by atoms with Crippen molar-refractivity contribution < 1.29 is 18.0 Å². The lowest BCUT2D eigenvalue weighted by Gasteiger charge is -2.25. The predicted octanol–water partition coefficient (Wildman–Crippen LogP) is 5.84. The maximum Gasteiger partial charge on any atom is 0.264 e. The van der Waals surface area contributed by atoms with Gasteiger partial charge in [0.15, 0.2) is 0 Å². The molecule has 1 N–H and O–H groups in total. The van der Waals surface area contributed by atoms with Crippen molar-refractivity contribution in [2.45, 2.75) is 30.6 Å². The summed E-state index contributed by atoms with van der Waals surface area (Å²) < 4.78 is 28.1. The highest BCUT2D eigenvalue weighted by Crippen LogP contribution is 2.33. The third-order valence-electron chi connectivity index (χ3n) is 6.12. The van der Waals surface area contributed by atoms with Crippen LogP contribution in [0, 0.1) is 0 Å². The van der Waals surface area contributed by atoms with Gasteiger partial charge in [-0.05, 0) is 55.3 Å². The summed E-state index contributed by atoms with van der Waals surface area (Å²) >= 11 is 12.4. The van der Waals surface area contributed by atoms with Gasteiger partial charge in [0.05, 0.1) is 26.9 Å². The number of halogens is 2. The molecule has 3 aromatic carbocycles. The first kappa shape index (κ1) is 27.0. The topological polar surface area (TPSA) is 86.8 Å². The van der Waals surface area contributed by atoms with Crippen LogP contribution >= 0.6 is 23.2 Å². The summed E-state index contributed by atoms with van der Waals surface area (Å²) in [6, 6.07) is 18.9. The van der Waals surface area contributed by atoms with E-state index in [1.165, 1.54) is 30.3 Å². The summed E-state index contributed by atoms with van der Waals surface area (Å²) in [7, 11) is -4.15. The van der Waals surface area contributed by atoms with Crippen LogP contribution in [0.15, 0.2) is 77.7 Å². The van der Waals surface area contributed by atoms with Crippen molar-refractivity contribution in [3.8, 4) is 0 Å². The number of anilines is 2. The lowest BCUT2D eigenvalue weighted by molar-refractivity contribution is -0.114. The first-order valence-corrected chi connectivity index (χ1v) is 14.2. The zero-order valence-electron chi connectivity index (χ0n) is 20.1. The molecule has 1 fully saturated rings. The Balaban J connectivity index is 1.62. The Hall–Kier alpha value is -3.07. The lowest BCUT2D eigenvalue weighted by atomic mass is 10.1. The molecule has 3 aromatic rings. The van der Waals surface area contributed by atoms with Crippen molar-refractivity contribution in [1.29, 1.82) is 0 Å². The summed E-state index contributed by atoms with van der Waals surface area (Å²) in [5.74, 6) is -0.783. The molecule has 0 unspecified atom stereocenters. The second kappa shape index (κ2) is 12.0. The van der Waals surface area contributed by atoms with Gasteiger partial charge in [-0.1, -0.05) is 66.4 Å². The molecule has 0 aromatic heterocycles. The van der Waals surface area contributed by atoms with Crippen molar-refractivity contribution in [3.63, 3.8) is 0 Å². The molecule has 7 nitrogen and oxygen atoms in total. The number of carbonyl (C=O) groups is 2. The molecule has 0 atom stereocenters. The first-order valence-electron chi connectivity index (χ1n) is 12.0. The number of para-hydroxylation sites is 1. The zero-order valence-corrected chi connectivity index (χ0v) is 22.4. The van der Waals surface area contributed by atoms with Crippen molar-refractivity contribution in [3.05, 3.63) is 88.4 Å². The van der Waals surface area contributed by atoms with E-state index in [2.05, 4.69) is 5.32 Å². The zero-order chi connectivity index (χ0) is 26.4. The Morgan fingerprint density at radius 2 is 1.51 bits per heavy atom. The SMILES string of the molecule is O=C(CN(c1ccc(Cl)cc1Cl)S(=O)(=O)c1ccccc1)Nc1ccccc1C(=O)N1CCCCCC1. The molecule has 1 aliphatic heterocycles. The lowest BCUT2D eigenvalue weighted by Crippen LogP contribution is -2.39. The van der Waals surface area contributed by atoms with Crippen LogP contribution in [0.3, 0.4) is 0 Å². The number of carbonyl (C=O) groups excluding carboxylic acids is 2. The van der Waals surface area contributed by atoms with Gasteiger partial charge in [-0.25, -0.2) is 8.42 Å². The minimum Gasteiger partial charge on any atom is -0.339 e. The molecular formula is C27H27Cl2N3O4S. The van der Waals surface area contributed by atoms with Gasteiger partial charge < -0.3 is 10.2 Å². The van der Waals surface area contributed by atoms with Crippen LogP contribution in [0.1, 0.15) is 36.0 Å². The smallest absolute Gasteiger partial charge is 0.264 e. The molecule has 37 heavy (non-hydrogen) atoms. The highest BCUT2D eigenvalue weighted by molar-refractivity contribution is 7.92. The maximum atomic E-state index is 13.6. The Bertz CT molecular complexity index is 1380. The fourth-order valence-corrected chi connectivity index (χ4v) is 6.27. The normalized spacial score (nSPS) is 14.1. The fraction of sp³-hybridized carbons (Fsp3) is 0.259. The van der Waals surface area contributed by atoms with Gasteiger partial charge in [0.1, 0.15) is 6.54 Å². The monoisotopic (exact) mass is 559 g/mol. The van der Waals surface area contributed by atoms with E-state index in [9.17, 15) is 18.0 Å². The largest absolute Gasteiger partial charge is 0.339 e. The molecule has 4 rings (SSSR count). The molecule has 0 aliphatic carbocycles. The van der Waals surface area contributed by atoms with Crippen LogP contribution in [0.5, 0.6) is 0 Å². The third-order valence-corrected chi connectivity index (χ3v) is 8.43. The van der Waals surface area contributed by atoms with Crippen LogP contribution in [-0.2, 0) is 14.8 Å². The number of sulfonamides is 1. The second-order valence-corrected chi connectivity index (χ2v) is 11.4. The molecule has 10 heteroatoms. The second-order valence-electron chi connectivity index (χ2n) is 8.72. The maximum absolute atomic E-state index is 13.6. The van der Waals surface area contributed by atoms with Crippen molar-refractivity contribution in [1.82, 2.24) is 4.90 Å². The minimum atomic E-state index is -4.15. The molecule has 0 bridgehead atoms. The van der Waals surface area contributed by atoms with E-state index in [-0.39, 0.29) is 21.5 Å². The quantitative estimate of drug-likeness (QED) is 0.393. The number of amides is 2. The van der Waals surface area contributed by atoms with E-state index in [1.807, 2.05) is 0 Å². The predicted molar refractivity (Wildman–Crippen MR) is 147 cm³/mol. The van der Waals surface area contributed by atoms with Crippen LogP contribution in [-0.4, -0.2) is 44.8 Å². The van der Waals surface area contributed by atoms with E-state index in [0.29, 0.717) is 29.4 Å². The summed E-state index contributed by atoms with van der Waals surface area (Å²) in [4.78, 5) is 28.3. The number of benzene rings is 3. The van der Waals surface area contributed by atoms with Gasteiger partial charge in [0.25, 0.3) is 15.9 Å². The number of nitrogens with one attached hydrogen (secondary N) is 1. The summed E-state index contributed by atoms with van der Waals surface area (Å²) in [6.07, 6.45) is 4.05. The third kappa shape index (κ3) is 6.44. The fourth-order valence-electron chi connectivity index (χ4n) is 4.25. The van der Waals surface area contributed by atoms with E-state index in [4.69, 9.17) is 23.2 Å². The molecule has 1 saturated heterocycles. The number of likely N-dealkylation sites (tertiary alicyclic amines) is 1. The van der Waals surface area contributed by atoms with E-state index in [0.717, 1.165) is 30.0 Å². The van der Waals surface area contributed by atoms with E-state index < -0.39 is 22.5 Å². The Kier molecular flexibility index (Phi) is 8.74. The number of nitrogens with zero attached hydrogens (tertiary/aromatic N) is 2.